The Hall–Kier alpha value is -1.07. The molecule has 0 amide bonds. The van der Waals surface area contributed by atoms with Gasteiger partial charge in [-0.25, -0.2) is 4.98 Å². The summed E-state index contributed by atoms with van der Waals surface area (Å²) < 4.78 is 7.48. The van der Waals surface area contributed by atoms with Crippen molar-refractivity contribution in [1.29, 1.82) is 0 Å². The van der Waals surface area contributed by atoms with Crippen molar-refractivity contribution >= 4 is 5.95 Å². The number of fused-ring (bicyclic) bond motifs is 1. The molecule has 0 spiro atoms. The molecule has 20 heavy (non-hydrogen) atoms. The Labute approximate surface area is 121 Å². The molecule has 0 aliphatic carbocycles. The van der Waals surface area contributed by atoms with Crippen LogP contribution in [0.15, 0.2) is 6.20 Å². The minimum absolute atomic E-state index is 0.654. The Bertz CT molecular complexity index is 431. The van der Waals surface area contributed by atoms with E-state index in [-0.39, 0.29) is 0 Å². The lowest BCUT2D eigenvalue weighted by Gasteiger charge is -2.24. The quantitative estimate of drug-likeness (QED) is 0.881. The average Bonchev–Trinajstić information content (AvgIpc) is 3.08. The van der Waals surface area contributed by atoms with Crippen LogP contribution in [-0.4, -0.2) is 48.9 Å². The van der Waals surface area contributed by atoms with Crippen molar-refractivity contribution in [3.63, 3.8) is 0 Å². The van der Waals surface area contributed by atoms with Crippen molar-refractivity contribution in [3.05, 3.63) is 11.9 Å². The molecule has 2 atom stereocenters. The molecule has 0 unspecified atom stereocenters. The zero-order chi connectivity index (χ0) is 13.9. The molecule has 3 rings (SSSR count). The lowest BCUT2D eigenvalue weighted by atomic mass is 9.94. The first-order valence-corrected chi connectivity index (χ1v) is 7.85. The largest absolute Gasteiger partial charge is 0.383 e. The van der Waals surface area contributed by atoms with Crippen molar-refractivity contribution < 1.29 is 4.74 Å². The van der Waals surface area contributed by atoms with E-state index in [0.29, 0.717) is 6.04 Å². The number of nitrogens with zero attached hydrogens (tertiary/aromatic N) is 3. The van der Waals surface area contributed by atoms with Crippen LogP contribution in [0.25, 0.3) is 0 Å². The standard InChI is InChI=1S/C15H26N4O/c1-3-13-10-18(7-8-20-2)15(17-13)19-9-12-5-4-6-16-14(12)11-19/h10,12,14,16H,3-9,11H2,1-2H3/t12-,14+/m0/s1. The van der Waals surface area contributed by atoms with Crippen molar-refractivity contribution in [2.24, 2.45) is 5.92 Å². The van der Waals surface area contributed by atoms with Crippen LogP contribution in [0.1, 0.15) is 25.5 Å². The number of aromatic nitrogens is 2. The Kier molecular flexibility index (Phi) is 4.27. The maximum atomic E-state index is 5.22. The third-order valence-electron chi connectivity index (χ3n) is 4.59. The molecular weight excluding hydrogens is 252 g/mol. The van der Waals surface area contributed by atoms with Crippen molar-refractivity contribution in [1.82, 2.24) is 14.9 Å². The summed E-state index contributed by atoms with van der Waals surface area (Å²) in [6.45, 7) is 7.21. The summed E-state index contributed by atoms with van der Waals surface area (Å²) in [5.74, 6) is 1.93. The second kappa shape index (κ2) is 6.14. The van der Waals surface area contributed by atoms with E-state index in [2.05, 4.69) is 27.9 Å². The normalized spacial score (nSPS) is 26.0. The molecule has 1 aromatic heterocycles. The van der Waals surface area contributed by atoms with Gasteiger partial charge in [0.1, 0.15) is 0 Å². The molecule has 1 N–H and O–H groups in total. The average molecular weight is 278 g/mol. The predicted molar refractivity (Wildman–Crippen MR) is 80.2 cm³/mol. The number of ether oxygens (including phenoxy) is 1. The van der Waals surface area contributed by atoms with Gasteiger partial charge in [0.25, 0.3) is 0 Å². The molecule has 1 aromatic rings. The molecule has 3 heterocycles. The van der Waals surface area contributed by atoms with Crippen LogP contribution in [0.5, 0.6) is 0 Å². The van der Waals surface area contributed by atoms with E-state index in [4.69, 9.17) is 9.72 Å². The van der Waals surface area contributed by atoms with Crippen LogP contribution in [0.3, 0.4) is 0 Å². The van der Waals surface area contributed by atoms with Crippen LogP contribution in [0, 0.1) is 5.92 Å². The monoisotopic (exact) mass is 278 g/mol. The topological polar surface area (TPSA) is 42.3 Å². The van der Waals surface area contributed by atoms with Crippen LogP contribution < -0.4 is 10.2 Å². The molecular formula is C15H26N4O. The number of piperidine rings is 1. The molecule has 2 fully saturated rings. The van der Waals surface area contributed by atoms with Gasteiger partial charge in [-0.2, -0.15) is 0 Å². The van der Waals surface area contributed by atoms with Crippen molar-refractivity contribution in [3.8, 4) is 0 Å². The molecule has 0 saturated carbocycles. The molecule has 5 heteroatoms. The van der Waals surface area contributed by atoms with E-state index < -0.39 is 0 Å². The van der Waals surface area contributed by atoms with Crippen LogP contribution in [-0.2, 0) is 17.7 Å². The van der Waals surface area contributed by atoms with Gasteiger partial charge in [0.05, 0.1) is 12.3 Å². The summed E-state index contributed by atoms with van der Waals surface area (Å²) in [7, 11) is 1.76. The highest BCUT2D eigenvalue weighted by atomic mass is 16.5. The Morgan fingerprint density at radius 1 is 1.45 bits per heavy atom. The van der Waals surface area contributed by atoms with Gasteiger partial charge >= 0.3 is 0 Å². The Morgan fingerprint density at radius 2 is 2.35 bits per heavy atom. The summed E-state index contributed by atoms with van der Waals surface area (Å²) in [4.78, 5) is 7.29. The van der Waals surface area contributed by atoms with E-state index in [1.54, 1.807) is 7.11 Å². The summed E-state index contributed by atoms with van der Waals surface area (Å²) in [5, 5.41) is 3.66. The van der Waals surface area contributed by atoms with Gasteiger partial charge in [-0.3, -0.25) is 0 Å². The smallest absolute Gasteiger partial charge is 0.205 e. The highest BCUT2D eigenvalue weighted by molar-refractivity contribution is 5.36. The minimum atomic E-state index is 0.654. The summed E-state index contributed by atoms with van der Waals surface area (Å²) in [6.07, 6.45) is 5.84. The van der Waals surface area contributed by atoms with Crippen molar-refractivity contribution in [2.45, 2.75) is 38.8 Å². The van der Waals surface area contributed by atoms with Crippen molar-refractivity contribution in [2.75, 3.05) is 38.3 Å². The molecule has 0 aromatic carbocycles. The van der Waals surface area contributed by atoms with Gasteiger partial charge in [-0.15, -0.1) is 0 Å². The minimum Gasteiger partial charge on any atom is -0.383 e. The highest BCUT2D eigenvalue weighted by Gasteiger charge is 2.35. The van der Waals surface area contributed by atoms with Crippen LogP contribution in [0.2, 0.25) is 0 Å². The lowest BCUT2D eigenvalue weighted by Crippen LogP contribution is -2.40. The molecule has 0 bridgehead atoms. The number of nitrogens with one attached hydrogen (secondary N) is 1. The molecule has 112 valence electrons. The zero-order valence-electron chi connectivity index (χ0n) is 12.6. The molecule has 2 saturated heterocycles. The predicted octanol–water partition coefficient (Wildman–Crippen LogP) is 1.28. The number of hydrogen-bond donors (Lipinski definition) is 1. The molecule has 0 radical (unpaired) electrons. The van der Waals surface area contributed by atoms with E-state index in [1.165, 1.54) is 25.1 Å². The van der Waals surface area contributed by atoms with Crippen LogP contribution in [0.4, 0.5) is 5.95 Å². The highest BCUT2D eigenvalue weighted by Crippen LogP contribution is 2.28. The number of aryl methyl sites for hydroxylation is 1. The van der Waals surface area contributed by atoms with Gasteiger partial charge in [0, 0.05) is 39.0 Å². The third-order valence-corrected chi connectivity index (χ3v) is 4.59. The summed E-state index contributed by atoms with van der Waals surface area (Å²) in [5.41, 5.74) is 1.18. The second-order valence-corrected chi connectivity index (χ2v) is 5.94. The van der Waals surface area contributed by atoms with Crippen LogP contribution >= 0.6 is 0 Å². The van der Waals surface area contributed by atoms with Gasteiger partial charge in [0.2, 0.25) is 5.95 Å². The number of imidazole rings is 1. The fourth-order valence-electron chi connectivity index (χ4n) is 3.45. The van der Waals surface area contributed by atoms with Gasteiger partial charge in [0.15, 0.2) is 0 Å². The van der Waals surface area contributed by atoms with E-state index in [1.807, 2.05) is 0 Å². The maximum Gasteiger partial charge on any atom is 0.205 e. The number of anilines is 1. The second-order valence-electron chi connectivity index (χ2n) is 5.94. The van der Waals surface area contributed by atoms with Gasteiger partial charge in [-0.1, -0.05) is 6.92 Å². The number of hydrogen-bond acceptors (Lipinski definition) is 4. The first-order valence-electron chi connectivity index (χ1n) is 7.85. The third kappa shape index (κ3) is 2.69. The first-order chi connectivity index (χ1) is 9.81. The van der Waals surface area contributed by atoms with E-state index >= 15 is 0 Å². The number of methoxy groups -OCH3 is 1. The van der Waals surface area contributed by atoms with Gasteiger partial charge in [-0.05, 0) is 31.7 Å². The maximum absolute atomic E-state index is 5.22. The SMILES string of the molecule is CCc1cn(CCOC)c(N2C[C@@H]3CCCN[C@@H]3C2)n1. The van der Waals surface area contributed by atoms with Gasteiger partial charge < -0.3 is 19.5 Å². The fourth-order valence-corrected chi connectivity index (χ4v) is 3.45. The Morgan fingerprint density at radius 3 is 3.10 bits per heavy atom. The lowest BCUT2D eigenvalue weighted by molar-refractivity contribution is 0.187. The molecule has 2 aliphatic heterocycles. The number of rotatable bonds is 5. The molecule has 5 nitrogen and oxygen atoms in total. The summed E-state index contributed by atoms with van der Waals surface area (Å²) >= 11 is 0. The zero-order valence-corrected chi connectivity index (χ0v) is 12.6. The van der Waals surface area contributed by atoms with E-state index in [0.717, 1.165) is 44.5 Å². The van der Waals surface area contributed by atoms with E-state index in [9.17, 15) is 0 Å². The first kappa shape index (κ1) is 13.9. The molecule has 2 aliphatic rings. The summed E-state index contributed by atoms with van der Waals surface area (Å²) in [6, 6.07) is 0.654. The Balaban J connectivity index is 1.76. The fraction of sp³-hybridized carbons (Fsp3) is 0.800.